The number of hydrogen-bond acceptors (Lipinski definition) is 4. The van der Waals surface area contributed by atoms with Gasteiger partial charge in [0.25, 0.3) is 0 Å². The number of halogens is 3. The number of aromatic nitrogens is 2. The van der Waals surface area contributed by atoms with Crippen LogP contribution in [0.4, 0.5) is 24.7 Å². The van der Waals surface area contributed by atoms with Crippen LogP contribution in [0.25, 0.3) is 10.2 Å². The molecule has 3 nitrogen and oxygen atoms in total. The molecule has 0 atom stereocenters. The molecule has 2 aromatic heterocycles. The molecule has 3 rings (SSSR count). The number of hydrogen-bond donors (Lipinski definition) is 1. The molecule has 0 fully saturated rings. The summed E-state index contributed by atoms with van der Waals surface area (Å²) in [6, 6.07) is 5.04. The van der Waals surface area contributed by atoms with Crippen LogP contribution >= 0.6 is 11.3 Å². The Morgan fingerprint density at radius 3 is 2.76 bits per heavy atom. The van der Waals surface area contributed by atoms with Gasteiger partial charge in [0, 0.05) is 5.69 Å². The number of aryl methyl sites for hydroxylation is 1. The number of rotatable bonds is 2. The van der Waals surface area contributed by atoms with Crippen molar-refractivity contribution in [3.05, 3.63) is 47.1 Å². The molecule has 108 valence electrons. The van der Waals surface area contributed by atoms with E-state index in [2.05, 4.69) is 15.3 Å². The molecule has 7 heteroatoms. The van der Waals surface area contributed by atoms with Crippen molar-refractivity contribution in [1.29, 1.82) is 0 Å². The first-order valence-corrected chi connectivity index (χ1v) is 6.96. The fraction of sp³-hybridized carbons (Fsp3) is 0.143. The van der Waals surface area contributed by atoms with Crippen LogP contribution in [0.2, 0.25) is 0 Å². The second-order valence-electron chi connectivity index (χ2n) is 4.52. The lowest BCUT2D eigenvalue weighted by molar-refractivity contribution is -0.137. The van der Waals surface area contributed by atoms with Crippen molar-refractivity contribution < 1.29 is 13.2 Å². The largest absolute Gasteiger partial charge is 0.416 e. The summed E-state index contributed by atoms with van der Waals surface area (Å²) in [5.41, 5.74) is 1.48. The zero-order valence-corrected chi connectivity index (χ0v) is 11.7. The quantitative estimate of drug-likeness (QED) is 0.741. The number of thiophene rings is 1. The molecule has 3 aromatic rings. The van der Waals surface area contributed by atoms with Crippen molar-refractivity contribution in [3.63, 3.8) is 0 Å². The van der Waals surface area contributed by atoms with Crippen LogP contribution < -0.4 is 5.32 Å². The maximum Gasteiger partial charge on any atom is 0.416 e. The first-order chi connectivity index (χ1) is 9.95. The number of nitrogens with zero attached hydrogens (tertiary/aromatic N) is 2. The summed E-state index contributed by atoms with van der Waals surface area (Å²) < 4.78 is 39.0. The van der Waals surface area contributed by atoms with Gasteiger partial charge in [-0.15, -0.1) is 11.3 Å². The summed E-state index contributed by atoms with van der Waals surface area (Å²) in [7, 11) is 0. The number of nitrogens with one attached hydrogen (secondary N) is 1. The van der Waals surface area contributed by atoms with Gasteiger partial charge in [0.2, 0.25) is 0 Å². The zero-order valence-electron chi connectivity index (χ0n) is 10.9. The third-order valence-electron chi connectivity index (χ3n) is 2.98. The highest BCUT2D eigenvalue weighted by Gasteiger charge is 2.30. The molecule has 0 radical (unpaired) electrons. The molecule has 0 aliphatic heterocycles. The lowest BCUT2D eigenvalue weighted by Crippen LogP contribution is -2.05. The standard InChI is InChI=1S/C14H10F3N3S/c1-8-6-21-12-11(8)18-7-19-13(12)20-10-4-2-3-9(5-10)14(15,16)17/h2-7H,1H3,(H,18,19,20). The average Bonchev–Trinajstić information content (AvgIpc) is 2.81. The van der Waals surface area contributed by atoms with Gasteiger partial charge < -0.3 is 5.32 Å². The molecule has 0 bridgehead atoms. The van der Waals surface area contributed by atoms with Gasteiger partial charge in [-0.25, -0.2) is 9.97 Å². The Hall–Kier alpha value is -2.15. The van der Waals surface area contributed by atoms with E-state index in [0.717, 1.165) is 27.9 Å². The fourth-order valence-electron chi connectivity index (χ4n) is 1.97. The zero-order chi connectivity index (χ0) is 15.0. The van der Waals surface area contributed by atoms with Gasteiger partial charge >= 0.3 is 6.18 Å². The van der Waals surface area contributed by atoms with E-state index in [0.29, 0.717) is 11.5 Å². The molecule has 0 saturated carbocycles. The molecule has 0 saturated heterocycles. The van der Waals surface area contributed by atoms with Crippen LogP contribution in [0.5, 0.6) is 0 Å². The Morgan fingerprint density at radius 2 is 2.00 bits per heavy atom. The smallest absolute Gasteiger partial charge is 0.339 e. The highest BCUT2D eigenvalue weighted by Crippen LogP contribution is 2.33. The van der Waals surface area contributed by atoms with E-state index < -0.39 is 11.7 Å². The Kier molecular flexibility index (Phi) is 3.29. The molecular weight excluding hydrogens is 299 g/mol. The van der Waals surface area contributed by atoms with Crippen LogP contribution in [0.1, 0.15) is 11.1 Å². The Labute approximate surface area is 122 Å². The number of fused-ring (bicyclic) bond motifs is 1. The summed E-state index contributed by atoms with van der Waals surface area (Å²) in [5, 5.41) is 4.87. The van der Waals surface area contributed by atoms with Crippen LogP contribution in [0.15, 0.2) is 36.0 Å². The molecule has 21 heavy (non-hydrogen) atoms. The Bertz CT molecular complexity index is 796. The summed E-state index contributed by atoms with van der Waals surface area (Å²) in [4.78, 5) is 8.29. The second-order valence-corrected chi connectivity index (χ2v) is 5.40. The Morgan fingerprint density at radius 1 is 1.19 bits per heavy atom. The van der Waals surface area contributed by atoms with Crippen molar-refractivity contribution >= 4 is 33.1 Å². The molecule has 0 aliphatic rings. The molecule has 0 spiro atoms. The summed E-state index contributed by atoms with van der Waals surface area (Å²) in [6.45, 7) is 1.93. The first kappa shape index (κ1) is 13.8. The van der Waals surface area contributed by atoms with Gasteiger partial charge in [-0.1, -0.05) is 6.07 Å². The molecule has 0 aliphatic carbocycles. The lowest BCUT2D eigenvalue weighted by Gasteiger charge is -2.10. The van der Waals surface area contributed by atoms with E-state index in [9.17, 15) is 13.2 Å². The third kappa shape index (κ3) is 2.69. The maximum atomic E-state index is 12.7. The van der Waals surface area contributed by atoms with Gasteiger partial charge in [0.05, 0.1) is 15.8 Å². The van der Waals surface area contributed by atoms with Crippen LogP contribution in [0.3, 0.4) is 0 Å². The van der Waals surface area contributed by atoms with Gasteiger partial charge in [0.1, 0.15) is 6.33 Å². The monoisotopic (exact) mass is 309 g/mol. The molecule has 0 amide bonds. The average molecular weight is 309 g/mol. The summed E-state index contributed by atoms with van der Waals surface area (Å²) >= 11 is 1.46. The van der Waals surface area contributed by atoms with Gasteiger partial charge in [0.15, 0.2) is 5.82 Å². The predicted molar refractivity (Wildman–Crippen MR) is 76.9 cm³/mol. The van der Waals surface area contributed by atoms with Crippen molar-refractivity contribution in [2.24, 2.45) is 0 Å². The number of benzene rings is 1. The van der Waals surface area contributed by atoms with E-state index >= 15 is 0 Å². The number of alkyl halides is 3. The van der Waals surface area contributed by atoms with E-state index in [1.54, 1.807) is 6.07 Å². The van der Waals surface area contributed by atoms with E-state index in [1.165, 1.54) is 23.7 Å². The molecule has 1 N–H and O–H groups in total. The maximum absolute atomic E-state index is 12.7. The first-order valence-electron chi connectivity index (χ1n) is 6.08. The summed E-state index contributed by atoms with van der Waals surface area (Å²) in [5.74, 6) is 0.512. The summed E-state index contributed by atoms with van der Waals surface area (Å²) in [6.07, 6.45) is -2.96. The minimum absolute atomic E-state index is 0.343. The van der Waals surface area contributed by atoms with Crippen LogP contribution in [-0.2, 0) is 6.18 Å². The van der Waals surface area contributed by atoms with Gasteiger partial charge in [-0.3, -0.25) is 0 Å². The SMILES string of the molecule is Cc1csc2c(Nc3cccc(C(F)(F)F)c3)ncnc12. The van der Waals surface area contributed by atoms with Gasteiger partial charge in [-0.05, 0) is 36.1 Å². The molecule has 2 heterocycles. The highest BCUT2D eigenvalue weighted by molar-refractivity contribution is 7.18. The predicted octanol–water partition coefficient (Wildman–Crippen LogP) is 4.76. The minimum Gasteiger partial charge on any atom is -0.339 e. The van der Waals surface area contributed by atoms with Crippen molar-refractivity contribution in [3.8, 4) is 0 Å². The van der Waals surface area contributed by atoms with Gasteiger partial charge in [-0.2, -0.15) is 13.2 Å². The van der Waals surface area contributed by atoms with Crippen molar-refractivity contribution in [2.75, 3.05) is 5.32 Å². The van der Waals surface area contributed by atoms with Crippen molar-refractivity contribution in [2.45, 2.75) is 13.1 Å². The van der Waals surface area contributed by atoms with E-state index in [4.69, 9.17) is 0 Å². The third-order valence-corrected chi connectivity index (χ3v) is 4.08. The highest BCUT2D eigenvalue weighted by atomic mass is 32.1. The lowest BCUT2D eigenvalue weighted by atomic mass is 10.2. The topological polar surface area (TPSA) is 37.8 Å². The Balaban J connectivity index is 1.99. The van der Waals surface area contributed by atoms with E-state index in [1.807, 2.05) is 12.3 Å². The molecule has 1 aromatic carbocycles. The second kappa shape index (κ2) is 5.00. The minimum atomic E-state index is -4.36. The van der Waals surface area contributed by atoms with E-state index in [-0.39, 0.29) is 0 Å². The molecule has 0 unspecified atom stereocenters. The number of anilines is 2. The molecular formula is C14H10F3N3S. The van der Waals surface area contributed by atoms with Crippen LogP contribution in [-0.4, -0.2) is 9.97 Å². The fourth-order valence-corrected chi connectivity index (χ4v) is 2.92. The normalized spacial score (nSPS) is 11.8. The van der Waals surface area contributed by atoms with Crippen molar-refractivity contribution in [1.82, 2.24) is 9.97 Å². The van der Waals surface area contributed by atoms with Crippen LogP contribution in [0, 0.1) is 6.92 Å².